The molecule has 0 unspecified atom stereocenters. The molecule has 1 N–H and O–H groups in total. The van der Waals surface area contributed by atoms with E-state index in [1.165, 1.54) is 6.34 Å². The van der Waals surface area contributed by atoms with Crippen molar-refractivity contribution in [3.05, 3.63) is 12.8 Å². The highest BCUT2D eigenvalue weighted by atomic mass is 15.0. The van der Waals surface area contributed by atoms with Crippen LogP contribution in [-0.2, 0) is 0 Å². The molecule has 0 rings (SSSR count). The second-order valence-corrected chi connectivity index (χ2v) is 1.44. The van der Waals surface area contributed by atoms with Gasteiger partial charge in [-0.15, -0.1) is 0 Å². The molecule has 0 aromatic heterocycles. The quantitative estimate of drug-likeness (QED) is 0.430. The van der Waals surface area contributed by atoms with Crippen LogP contribution in [0.15, 0.2) is 22.8 Å². The normalized spacial score (nSPS) is 12.0. The van der Waals surface area contributed by atoms with E-state index in [0.717, 1.165) is 5.84 Å². The summed E-state index contributed by atoms with van der Waals surface area (Å²) in [6.45, 7) is 5.31. The van der Waals surface area contributed by atoms with Gasteiger partial charge in [0.15, 0.2) is 0 Å². The van der Waals surface area contributed by atoms with Crippen LogP contribution in [0.5, 0.6) is 0 Å². The molecule has 0 bridgehead atoms. The third-order valence-electron chi connectivity index (χ3n) is 0.678. The van der Waals surface area contributed by atoms with Crippen molar-refractivity contribution >= 4 is 12.2 Å². The highest BCUT2D eigenvalue weighted by Crippen LogP contribution is 1.67. The molecule has 3 heteroatoms. The van der Waals surface area contributed by atoms with Crippen LogP contribution in [0.1, 0.15) is 6.92 Å². The van der Waals surface area contributed by atoms with Crippen molar-refractivity contribution in [2.75, 3.05) is 7.05 Å². The predicted octanol–water partition coefficient (Wildman–Crippen LogP) is 0.796. The van der Waals surface area contributed by atoms with E-state index in [4.69, 9.17) is 0 Å². The van der Waals surface area contributed by atoms with Gasteiger partial charge in [0.25, 0.3) is 0 Å². The molecule has 0 radical (unpaired) electrons. The Morgan fingerprint density at radius 2 is 2.33 bits per heavy atom. The average Bonchev–Trinajstić information content (AvgIpc) is 1.85. The van der Waals surface area contributed by atoms with Gasteiger partial charge in [0.1, 0.15) is 12.2 Å². The maximum absolute atomic E-state index is 3.88. The molecule has 0 aliphatic carbocycles. The van der Waals surface area contributed by atoms with Crippen LogP contribution < -0.4 is 5.32 Å². The first-order chi connectivity index (χ1) is 4.31. The Hall–Kier alpha value is -1.12. The largest absolute Gasteiger partial charge is 0.351 e. The Morgan fingerprint density at radius 3 is 2.78 bits per heavy atom. The summed E-state index contributed by atoms with van der Waals surface area (Å²) in [7, 11) is 1.67. The van der Waals surface area contributed by atoms with Crippen LogP contribution in [0.25, 0.3) is 0 Å². The highest BCUT2D eigenvalue weighted by molar-refractivity contribution is 5.87. The Balaban J connectivity index is 3.68. The van der Waals surface area contributed by atoms with E-state index in [2.05, 4.69) is 21.9 Å². The second-order valence-electron chi connectivity index (χ2n) is 1.44. The van der Waals surface area contributed by atoms with Gasteiger partial charge in [-0.05, 0) is 13.1 Å². The Bertz CT molecular complexity index is 135. The number of amidine groups is 1. The summed E-state index contributed by atoms with van der Waals surface area (Å²) in [5.74, 6) is 0.788. The van der Waals surface area contributed by atoms with Gasteiger partial charge < -0.3 is 5.32 Å². The zero-order valence-electron chi connectivity index (χ0n) is 5.76. The molecule has 3 nitrogen and oxygen atoms in total. The maximum atomic E-state index is 3.88. The third-order valence-corrected chi connectivity index (χ3v) is 0.678. The van der Waals surface area contributed by atoms with Crippen molar-refractivity contribution in [1.82, 2.24) is 5.32 Å². The minimum atomic E-state index is 0.788. The minimum absolute atomic E-state index is 0.788. The van der Waals surface area contributed by atoms with Gasteiger partial charge in [-0.2, -0.15) is 0 Å². The van der Waals surface area contributed by atoms with Crippen LogP contribution in [0.4, 0.5) is 0 Å². The molecule has 0 fully saturated rings. The number of nitrogens with zero attached hydrogens (tertiary/aromatic N) is 2. The van der Waals surface area contributed by atoms with Crippen LogP contribution in [0, 0.1) is 0 Å². The molecule has 0 aliphatic rings. The summed E-state index contributed by atoms with van der Waals surface area (Å²) >= 11 is 0. The van der Waals surface area contributed by atoms with Crippen molar-refractivity contribution in [2.24, 2.45) is 9.98 Å². The zero-order chi connectivity index (χ0) is 7.11. The van der Waals surface area contributed by atoms with Crippen molar-refractivity contribution < 1.29 is 0 Å². The summed E-state index contributed by atoms with van der Waals surface area (Å²) in [5, 5.41) is 2.80. The van der Waals surface area contributed by atoms with Gasteiger partial charge in [0.05, 0.1) is 0 Å². The summed E-state index contributed by atoms with van der Waals surface area (Å²) in [6, 6.07) is 0. The molecule has 0 aliphatic heterocycles. The lowest BCUT2D eigenvalue weighted by molar-refractivity contribution is 1.26. The maximum Gasteiger partial charge on any atom is 0.111 e. The highest BCUT2D eigenvalue weighted by Gasteiger charge is 1.77. The van der Waals surface area contributed by atoms with E-state index in [-0.39, 0.29) is 0 Å². The first kappa shape index (κ1) is 7.88. The third kappa shape index (κ3) is 4.74. The van der Waals surface area contributed by atoms with Crippen LogP contribution in [0.3, 0.4) is 0 Å². The molecule has 0 atom stereocenters. The van der Waals surface area contributed by atoms with Crippen molar-refractivity contribution in [1.29, 1.82) is 0 Å². The molecular weight excluding hydrogens is 114 g/mol. The fourth-order valence-corrected chi connectivity index (χ4v) is 0.329. The molecule has 50 valence electrons. The zero-order valence-corrected chi connectivity index (χ0v) is 5.76. The van der Waals surface area contributed by atoms with Crippen LogP contribution >= 0.6 is 0 Å². The monoisotopic (exact) mass is 125 g/mol. The molecule has 0 amide bonds. The smallest absolute Gasteiger partial charge is 0.111 e. The molecule has 0 heterocycles. The molecule has 0 saturated heterocycles. The first-order valence-electron chi connectivity index (χ1n) is 2.63. The molecule has 0 spiro atoms. The first-order valence-corrected chi connectivity index (χ1v) is 2.63. The van der Waals surface area contributed by atoms with Crippen molar-refractivity contribution in [3.8, 4) is 0 Å². The lowest BCUT2D eigenvalue weighted by Gasteiger charge is -1.92. The fourth-order valence-electron chi connectivity index (χ4n) is 0.329. The van der Waals surface area contributed by atoms with Gasteiger partial charge in [-0.25, -0.2) is 4.99 Å². The van der Waals surface area contributed by atoms with E-state index in [1.54, 1.807) is 13.2 Å². The molecule has 0 saturated carbocycles. The van der Waals surface area contributed by atoms with Crippen molar-refractivity contribution in [2.45, 2.75) is 6.92 Å². The van der Waals surface area contributed by atoms with Crippen LogP contribution in [-0.4, -0.2) is 19.2 Å². The number of hydrogen-bond acceptors (Lipinski definition) is 1. The fraction of sp³-hybridized carbons (Fsp3) is 0.333. The molecular formula is C6H11N3. The summed E-state index contributed by atoms with van der Waals surface area (Å²) in [6.07, 6.45) is 3.05. The number of nitrogens with one attached hydrogen (secondary N) is 1. The van der Waals surface area contributed by atoms with Gasteiger partial charge in [-0.1, -0.05) is 6.58 Å². The van der Waals surface area contributed by atoms with E-state index in [9.17, 15) is 0 Å². The number of hydrogen-bond donors (Lipinski definition) is 1. The summed E-state index contributed by atoms with van der Waals surface area (Å²) in [5.41, 5.74) is 0. The predicted molar refractivity (Wildman–Crippen MR) is 40.9 cm³/mol. The SMILES string of the molecule is C=CNC(C)=NC=NC. The Kier molecular flexibility index (Phi) is 4.40. The molecule has 0 aromatic rings. The summed E-state index contributed by atoms with van der Waals surface area (Å²) in [4.78, 5) is 7.55. The number of rotatable bonds is 2. The second kappa shape index (κ2) is 5.03. The Morgan fingerprint density at radius 1 is 1.67 bits per heavy atom. The topological polar surface area (TPSA) is 36.8 Å². The lowest BCUT2D eigenvalue weighted by atomic mass is 10.7. The summed E-state index contributed by atoms with van der Waals surface area (Å²) < 4.78 is 0. The van der Waals surface area contributed by atoms with Crippen molar-refractivity contribution in [3.63, 3.8) is 0 Å². The average molecular weight is 125 g/mol. The van der Waals surface area contributed by atoms with E-state index in [1.807, 2.05) is 6.92 Å². The van der Waals surface area contributed by atoms with Crippen LogP contribution in [0.2, 0.25) is 0 Å². The molecule has 0 aromatic carbocycles. The van der Waals surface area contributed by atoms with Gasteiger partial charge in [0, 0.05) is 7.05 Å². The lowest BCUT2D eigenvalue weighted by Crippen LogP contribution is -2.11. The van der Waals surface area contributed by atoms with E-state index in [0.29, 0.717) is 0 Å². The van der Waals surface area contributed by atoms with Gasteiger partial charge >= 0.3 is 0 Å². The Labute approximate surface area is 55.2 Å². The molecule has 9 heavy (non-hydrogen) atoms. The van der Waals surface area contributed by atoms with E-state index < -0.39 is 0 Å². The van der Waals surface area contributed by atoms with Gasteiger partial charge in [-0.3, -0.25) is 4.99 Å². The van der Waals surface area contributed by atoms with E-state index >= 15 is 0 Å². The van der Waals surface area contributed by atoms with Gasteiger partial charge in [0.2, 0.25) is 0 Å². The standard InChI is InChI=1S/C6H11N3/c1-4-8-6(2)9-5-7-3/h4-5H,1H2,2-3H3,(H,7,8,9). The number of aliphatic imine (C=N–C) groups is 2. The minimum Gasteiger partial charge on any atom is -0.351 e.